The fraction of sp³-hybridized carbons (Fsp3) is 0.231. The van der Waals surface area contributed by atoms with Crippen molar-refractivity contribution in [2.24, 2.45) is 0 Å². The van der Waals surface area contributed by atoms with Crippen molar-refractivity contribution in [2.45, 2.75) is 13.3 Å². The van der Waals surface area contributed by atoms with Crippen LogP contribution in [0.4, 0.5) is 0 Å². The molecule has 0 heterocycles. The molecule has 0 radical (unpaired) electrons. The lowest BCUT2D eigenvalue weighted by Crippen LogP contribution is -1.84. The van der Waals surface area contributed by atoms with Gasteiger partial charge >= 0.3 is 0 Å². The molecule has 1 aromatic rings. The second kappa shape index (κ2) is 6.91. The van der Waals surface area contributed by atoms with Crippen LogP contribution in [0.1, 0.15) is 29.3 Å². The molecule has 0 atom stereocenters. The maximum absolute atomic E-state index is 10.7. The van der Waals surface area contributed by atoms with Crippen LogP contribution in [-0.4, -0.2) is 22.3 Å². The van der Waals surface area contributed by atoms with E-state index in [1.165, 1.54) is 24.8 Å². The van der Waals surface area contributed by atoms with Gasteiger partial charge in [0, 0.05) is 23.8 Å². The lowest BCUT2D eigenvalue weighted by molar-refractivity contribution is -0.109. The van der Waals surface area contributed by atoms with Gasteiger partial charge in [-0.25, -0.2) is 0 Å². The van der Waals surface area contributed by atoms with E-state index in [0.717, 1.165) is 18.5 Å². The highest BCUT2D eigenvalue weighted by molar-refractivity contribution is 8.13. The third kappa shape index (κ3) is 4.87. The fourth-order valence-corrected chi connectivity index (χ4v) is 1.80. The lowest BCUT2D eigenvalue weighted by Gasteiger charge is -1.99. The van der Waals surface area contributed by atoms with Crippen LogP contribution in [0, 0.1) is 0 Å². The number of phenolic OH excluding ortho intramolecular Hbond substituents is 1. The number of benzene rings is 1. The molecule has 0 fully saturated rings. The first-order valence-electron chi connectivity index (χ1n) is 5.21. The third-order valence-electron chi connectivity index (χ3n) is 2.07. The summed E-state index contributed by atoms with van der Waals surface area (Å²) in [6, 6.07) is 4.68. The zero-order valence-corrected chi connectivity index (χ0v) is 10.4. The topological polar surface area (TPSA) is 54.4 Å². The van der Waals surface area contributed by atoms with Gasteiger partial charge in [-0.05, 0) is 24.6 Å². The summed E-state index contributed by atoms with van der Waals surface area (Å²) in [5, 5.41) is 9.65. The van der Waals surface area contributed by atoms with Crippen LogP contribution in [0.25, 0.3) is 6.08 Å². The van der Waals surface area contributed by atoms with Crippen molar-refractivity contribution >= 4 is 29.2 Å². The fourth-order valence-electron chi connectivity index (χ4n) is 1.26. The first-order valence-corrected chi connectivity index (χ1v) is 6.20. The van der Waals surface area contributed by atoms with Gasteiger partial charge in [0.1, 0.15) is 12.0 Å². The van der Waals surface area contributed by atoms with Gasteiger partial charge in [-0.1, -0.05) is 23.9 Å². The van der Waals surface area contributed by atoms with E-state index in [1.807, 2.05) is 6.08 Å². The molecule has 0 aromatic heterocycles. The zero-order valence-electron chi connectivity index (χ0n) is 9.55. The number of carbonyl (C=O) groups is 2. The van der Waals surface area contributed by atoms with E-state index in [2.05, 4.69) is 0 Å². The normalized spacial score (nSPS) is 10.6. The molecule has 0 saturated carbocycles. The zero-order chi connectivity index (χ0) is 12.7. The van der Waals surface area contributed by atoms with Crippen LogP contribution in [-0.2, 0) is 4.79 Å². The van der Waals surface area contributed by atoms with Gasteiger partial charge in [-0.15, -0.1) is 0 Å². The minimum absolute atomic E-state index is 0.101. The van der Waals surface area contributed by atoms with E-state index < -0.39 is 0 Å². The predicted molar refractivity (Wildman–Crippen MR) is 70.3 cm³/mol. The van der Waals surface area contributed by atoms with E-state index in [9.17, 15) is 14.7 Å². The highest BCUT2D eigenvalue weighted by Gasteiger charge is 1.98. The van der Waals surface area contributed by atoms with Crippen LogP contribution in [0.3, 0.4) is 0 Å². The Morgan fingerprint density at radius 3 is 2.88 bits per heavy atom. The van der Waals surface area contributed by atoms with Gasteiger partial charge in [-0.2, -0.15) is 0 Å². The van der Waals surface area contributed by atoms with E-state index in [-0.39, 0.29) is 10.9 Å². The SMILES string of the molecule is CC(=O)SCCC=Cc1cc(C=O)ccc1O. The van der Waals surface area contributed by atoms with Crippen LogP contribution in [0.15, 0.2) is 24.3 Å². The van der Waals surface area contributed by atoms with Crippen molar-refractivity contribution in [1.29, 1.82) is 0 Å². The molecule has 0 saturated heterocycles. The van der Waals surface area contributed by atoms with Gasteiger partial charge in [0.2, 0.25) is 0 Å². The number of hydrogen-bond acceptors (Lipinski definition) is 4. The number of hydrogen-bond donors (Lipinski definition) is 1. The summed E-state index contributed by atoms with van der Waals surface area (Å²) in [6.45, 7) is 1.54. The summed E-state index contributed by atoms with van der Waals surface area (Å²) >= 11 is 1.27. The molecule has 0 spiro atoms. The molecule has 0 unspecified atom stereocenters. The number of rotatable bonds is 5. The van der Waals surface area contributed by atoms with Crippen LogP contribution in [0.2, 0.25) is 0 Å². The molecule has 3 nitrogen and oxygen atoms in total. The second-order valence-corrected chi connectivity index (χ2v) is 4.74. The maximum Gasteiger partial charge on any atom is 0.185 e. The number of thioether (sulfide) groups is 1. The molecule has 4 heteroatoms. The minimum Gasteiger partial charge on any atom is -0.507 e. The molecular weight excluding hydrogens is 236 g/mol. The number of aldehydes is 1. The monoisotopic (exact) mass is 250 g/mol. The summed E-state index contributed by atoms with van der Waals surface area (Å²) < 4.78 is 0. The Kier molecular flexibility index (Phi) is 5.49. The lowest BCUT2D eigenvalue weighted by atomic mass is 10.1. The first-order chi connectivity index (χ1) is 8.13. The number of allylic oxidation sites excluding steroid dienone is 1. The highest BCUT2D eigenvalue weighted by atomic mass is 32.2. The number of carbonyl (C=O) groups excluding carboxylic acids is 2. The smallest absolute Gasteiger partial charge is 0.185 e. The number of aromatic hydroxyl groups is 1. The molecule has 17 heavy (non-hydrogen) atoms. The molecule has 0 amide bonds. The summed E-state index contributed by atoms with van der Waals surface area (Å²) in [5.74, 6) is 0.867. The molecular formula is C13H14O3S. The van der Waals surface area contributed by atoms with Crippen molar-refractivity contribution in [1.82, 2.24) is 0 Å². The van der Waals surface area contributed by atoms with E-state index >= 15 is 0 Å². The Hall–Kier alpha value is -1.55. The molecule has 0 aliphatic rings. The van der Waals surface area contributed by atoms with Crippen molar-refractivity contribution in [3.8, 4) is 5.75 Å². The quantitative estimate of drug-likeness (QED) is 0.645. The summed E-state index contributed by atoms with van der Waals surface area (Å²) in [5.41, 5.74) is 1.14. The van der Waals surface area contributed by atoms with Gasteiger partial charge in [0.05, 0.1) is 0 Å². The van der Waals surface area contributed by atoms with Gasteiger partial charge < -0.3 is 5.11 Å². The molecule has 1 aromatic carbocycles. The molecule has 1 N–H and O–H groups in total. The molecule has 1 rings (SSSR count). The van der Waals surface area contributed by atoms with E-state index in [4.69, 9.17) is 0 Å². The van der Waals surface area contributed by atoms with Crippen molar-refractivity contribution in [3.05, 3.63) is 35.4 Å². The summed E-state index contributed by atoms with van der Waals surface area (Å²) in [6.07, 6.45) is 5.11. The Bertz CT molecular complexity index is 438. The van der Waals surface area contributed by atoms with Crippen molar-refractivity contribution in [3.63, 3.8) is 0 Å². The standard InChI is InChI=1S/C13H14O3S/c1-10(15)17-7-3-2-4-12-8-11(9-14)5-6-13(12)16/h2,4-6,8-9,16H,3,7H2,1H3. The van der Waals surface area contributed by atoms with E-state index in [1.54, 1.807) is 18.2 Å². The molecule has 0 aliphatic heterocycles. The van der Waals surface area contributed by atoms with Crippen LogP contribution < -0.4 is 0 Å². The summed E-state index contributed by atoms with van der Waals surface area (Å²) in [7, 11) is 0. The first kappa shape index (κ1) is 13.5. The Morgan fingerprint density at radius 1 is 1.47 bits per heavy atom. The molecule has 90 valence electrons. The van der Waals surface area contributed by atoms with Gasteiger partial charge in [-0.3, -0.25) is 9.59 Å². The van der Waals surface area contributed by atoms with Crippen LogP contribution in [0.5, 0.6) is 5.75 Å². The minimum atomic E-state index is 0.101. The van der Waals surface area contributed by atoms with Crippen molar-refractivity contribution < 1.29 is 14.7 Å². The van der Waals surface area contributed by atoms with Gasteiger partial charge in [0.15, 0.2) is 5.12 Å². The van der Waals surface area contributed by atoms with Crippen LogP contribution >= 0.6 is 11.8 Å². The average Bonchev–Trinajstić information content (AvgIpc) is 2.30. The number of phenols is 1. The Balaban J connectivity index is 2.58. The average molecular weight is 250 g/mol. The molecule has 0 bridgehead atoms. The maximum atomic E-state index is 10.7. The van der Waals surface area contributed by atoms with E-state index in [0.29, 0.717) is 11.1 Å². The third-order valence-corrected chi connectivity index (χ3v) is 2.92. The second-order valence-electron chi connectivity index (χ2n) is 3.47. The Labute approximate surface area is 105 Å². The highest BCUT2D eigenvalue weighted by Crippen LogP contribution is 2.19. The summed E-state index contributed by atoms with van der Waals surface area (Å²) in [4.78, 5) is 21.2. The largest absolute Gasteiger partial charge is 0.507 e. The van der Waals surface area contributed by atoms with Crippen molar-refractivity contribution in [2.75, 3.05) is 5.75 Å². The Morgan fingerprint density at radius 2 is 2.24 bits per heavy atom. The molecule has 0 aliphatic carbocycles. The van der Waals surface area contributed by atoms with Gasteiger partial charge in [0.25, 0.3) is 0 Å². The predicted octanol–water partition coefficient (Wildman–Crippen LogP) is 2.89.